The number of halogens is 2. The van der Waals surface area contributed by atoms with Crippen molar-refractivity contribution in [2.45, 2.75) is 26.4 Å². The monoisotopic (exact) mass is 397 g/mol. The molecule has 0 radical (unpaired) electrons. The van der Waals surface area contributed by atoms with Gasteiger partial charge in [0.25, 0.3) is 0 Å². The van der Waals surface area contributed by atoms with E-state index in [9.17, 15) is 0 Å². The van der Waals surface area contributed by atoms with Crippen molar-refractivity contribution in [2.24, 2.45) is 0 Å². The average molecular weight is 399 g/mol. The number of ether oxygens (including phenoxy) is 1. The Morgan fingerprint density at radius 1 is 1.05 bits per heavy atom. The molecule has 0 unspecified atom stereocenters. The predicted octanol–water partition coefficient (Wildman–Crippen LogP) is 5.50. The van der Waals surface area contributed by atoms with Crippen LogP contribution in [-0.4, -0.2) is 6.04 Å². The Morgan fingerprint density at radius 3 is 2.50 bits per heavy atom. The summed E-state index contributed by atoms with van der Waals surface area (Å²) in [5.74, 6) is 1.69. The second-order valence-corrected chi connectivity index (χ2v) is 6.59. The molecule has 0 atom stereocenters. The molecular formula is C16H17Br2NO. The van der Waals surface area contributed by atoms with Crippen molar-refractivity contribution in [1.29, 1.82) is 0 Å². The lowest BCUT2D eigenvalue weighted by Gasteiger charge is -2.14. The van der Waals surface area contributed by atoms with Gasteiger partial charge in [-0.15, -0.1) is 0 Å². The largest absolute Gasteiger partial charge is 0.456 e. The molecule has 0 aromatic heterocycles. The molecule has 2 nitrogen and oxygen atoms in total. The number of para-hydroxylation sites is 1. The Kier molecular flexibility index (Phi) is 5.64. The van der Waals surface area contributed by atoms with E-state index in [4.69, 9.17) is 4.74 Å². The molecule has 0 aliphatic rings. The van der Waals surface area contributed by atoms with Crippen molar-refractivity contribution >= 4 is 31.9 Å². The normalized spacial score (nSPS) is 10.8. The molecule has 20 heavy (non-hydrogen) atoms. The lowest BCUT2D eigenvalue weighted by molar-refractivity contribution is 0.466. The van der Waals surface area contributed by atoms with E-state index in [1.807, 2.05) is 36.4 Å². The molecule has 0 amide bonds. The third-order valence-electron chi connectivity index (χ3n) is 2.78. The number of hydrogen-bond acceptors (Lipinski definition) is 2. The molecule has 2 aromatic carbocycles. The van der Waals surface area contributed by atoms with Gasteiger partial charge in [0.05, 0.1) is 4.47 Å². The number of hydrogen-bond donors (Lipinski definition) is 1. The molecule has 4 heteroatoms. The summed E-state index contributed by atoms with van der Waals surface area (Å²) in [6.45, 7) is 5.04. The zero-order valence-electron chi connectivity index (χ0n) is 11.5. The maximum atomic E-state index is 6.02. The minimum Gasteiger partial charge on any atom is -0.456 e. The second kappa shape index (κ2) is 7.25. The summed E-state index contributed by atoms with van der Waals surface area (Å²) in [5.41, 5.74) is 1.13. The van der Waals surface area contributed by atoms with Crippen LogP contribution in [0.2, 0.25) is 0 Å². The summed E-state index contributed by atoms with van der Waals surface area (Å²) in [5, 5.41) is 3.42. The van der Waals surface area contributed by atoms with Gasteiger partial charge in [-0.05, 0) is 46.3 Å². The zero-order chi connectivity index (χ0) is 14.5. The van der Waals surface area contributed by atoms with Crippen LogP contribution >= 0.6 is 31.9 Å². The molecule has 0 bridgehead atoms. The summed E-state index contributed by atoms with van der Waals surface area (Å²) in [6, 6.07) is 14.4. The lowest BCUT2D eigenvalue weighted by Crippen LogP contribution is -2.22. The van der Waals surface area contributed by atoms with E-state index in [-0.39, 0.29) is 0 Å². The molecule has 0 saturated carbocycles. The smallest absolute Gasteiger partial charge is 0.141 e. The summed E-state index contributed by atoms with van der Waals surface area (Å²) >= 11 is 7.02. The van der Waals surface area contributed by atoms with Crippen molar-refractivity contribution in [3.05, 3.63) is 57.0 Å². The van der Waals surface area contributed by atoms with Crippen LogP contribution in [0.3, 0.4) is 0 Å². The number of rotatable bonds is 5. The SMILES string of the molecule is CC(C)NCc1cc(Br)ccc1Oc1ccccc1Br. The third kappa shape index (κ3) is 4.33. The van der Waals surface area contributed by atoms with Crippen LogP contribution in [0.4, 0.5) is 0 Å². The Labute approximate surface area is 136 Å². The van der Waals surface area contributed by atoms with Gasteiger partial charge in [-0.1, -0.05) is 41.9 Å². The van der Waals surface area contributed by atoms with Crippen molar-refractivity contribution in [3.63, 3.8) is 0 Å². The van der Waals surface area contributed by atoms with E-state index < -0.39 is 0 Å². The van der Waals surface area contributed by atoms with Crippen molar-refractivity contribution in [1.82, 2.24) is 5.32 Å². The first-order valence-corrected chi connectivity index (χ1v) is 8.09. The van der Waals surface area contributed by atoms with Crippen LogP contribution in [0.5, 0.6) is 11.5 Å². The molecule has 0 heterocycles. The first-order valence-electron chi connectivity index (χ1n) is 6.50. The minimum absolute atomic E-state index is 0.435. The van der Waals surface area contributed by atoms with Gasteiger partial charge in [-0.25, -0.2) is 0 Å². The van der Waals surface area contributed by atoms with Crippen LogP contribution in [0.1, 0.15) is 19.4 Å². The van der Waals surface area contributed by atoms with Crippen LogP contribution in [-0.2, 0) is 6.54 Å². The summed E-state index contributed by atoms with van der Waals surface area (Å²) in [6.07, 6.45) is 0. The standard InChI is InChI=1S/C16H17Br2NO/c1-11(2)19-10-12-9-13(17)7-8-15(12)20-16-6-4-3-5-14(16)18/h3-9,11,19H,10H2,1-2H3. The fourth-order valence-corrected chi connectivity index (χ4v) is 2.52. The Hall–Kier alpha value is -0.840. The van der Waals surface area contributed by atoms with Crippen LogP contribution < -0.4 is 10.1 Å². The van der Waals surface area contributed by atoms with E-state index in [0.717, 1.165) is 32.6 Å². The third-order valence-corrected chi connectivity index (χ3v) is 3.93. The molecular weight excluding hydrogens is 382 g/mol. The molecule has 2 rings (SSSR count). The van der Waals surface area contributed by atoms with Crippen LogP contribution in [0.15, 0.2) is 51.4 Å². The Morgan fingerprint density at radius 2 is 1.80 bits per heavy atom. The summed E-state index contributed by atoms with van der Waals surface area (Å²) in [7, 11) is 0. The molecule has 0 aliphatic carbocycles. The maximum Gasteiger partial charge on any atom is 0.141 e. The van der Waals surface area contributed by atoms with Crippen LogP contribution in [0.25, 0.3) is 0 Å². The van der Waals surface area contributed by atoms with Gasteiger partial charge in [0, 0.05) is 22.6 Å². The minimum atomic E-state index is 0.435. The number of nitrogens with one attached hydrogen (secondary N) is 1. The number of benzene rings is 2. The van der Waals surface area contributed by atoms with E-state index in [1.165, 1.54) is 0 Å². The van der Waals surface area contributed by atoms with E-state index in [2.05, 4.69) is 57.1 Å². The maximum absolute atomic E-state index is 6.02. The fraction of sp³-hybridized carbons (Fsp3) is 0.250. The van der Waals surface area contributed by atoms with Gasteiger partial charge in [-0.2, -0.15) is 0 Å². The topological polar surface area (TPSA) is 21.3 Å². The zero-order valence-corrected chi connectivity index (χ0v) is 14.7. The summed E-state index contributed by atoms with van der Waals surface area (Å²) in [4.78, 5) is 0. The summed E-state index contributed by atoms with van der Waals surface area (Å²) < 4.78 is 8.02. The predicted molar refractivity (Wildman–Crippen MR) is 90.3 cm³/mol. The molecule has 0 saturated heterocycles. The average Bonchev–Trinajstić information content (AvgIpc) is 2.41. The van der Waals surface area contributed by atoms with Gasteiger partial charge < -0.3 is 10.1 Å². The highest BCUT2D eigenvalue weighted by atomic mass is 79.9. The van der Waals surface area contributed by atoms with Gasteiger partial charge in [0.2, 0.25) is 0 Å². The van der Waals surface area contributed by atoms with Gasteiger partial charge >= 0.3 is 0 Å². The highest BCUT2D eigenvalue weighted by Gasteiger charge is 2.08. The van der Waals surface area contributed by atoms with Crippen molar-refractivity contribution in [3.8, 4) is 11.5 Å². The molecule has 0 spiro atoms. The molecule has 1 N–H and O–H groups in total. The van der Waals surface area contributed by atoms with Gasteiger partial charge in [-0.3, -0.25) is 0 Å². The molecule has 106 valence electrons. The quantitative estimate of drug-likeness (QED) is 0.717. The van der Waals surface area contributed by atoms with Gasteiger partial charge in [0.1, 0.15) is 11.5 Å². The van der Waals surface area contributed by atoms with Crippen molar-refractivity contribution < 1.29 is 4.74 Å². The van der Waals surface area contributed by atoms with E-state index in [1.54, 1.807) is 0 Å². The van der Waals surface area contributed by atoms with Crippen molar-refractivity contribution in [2.75, 3.05) is 0 Å². The Bertz CT molecular complexity index is 584. The first kappa shape index (κ1) is 15.5. The molecule has 0 fully saturated rings. The fourth-order valence-electron chi connectivity index (χ4n) is 1.75. The second-order valence-electron chi connectivity index (χ2n) is 4.82. The Balaban J connectivity index is 2.24. The van der Waals surface area contributed by atoms with E-state index in [0.29, 0.717) is 6.04 Å². The molecule has 0 aliphatic heterocycles. The highest BCUT2D eigenvalue weighted by Crippen LogP contribution is 2.32. The van der Waals surface area contributed by atoms with E-state index >= 15 is 0 Å². The first-order chi connectivity index (χ1) is 9.56. The van der Waals surface area contributed by atoms with Crippen LogP contribution in [0, 0.1) is 0 Å². The molecule has 2 aromatic rings. The highest BCUT2D eigenvalue weighted by molar-refractivity contribution is 9.10. The lowest BCUT2D eigenvalue weighted by atomic mass is 10.2. The van der Waals surface area contributed by atoms with Gasteiger partial charge in [0.15, 0.2) is 0 Å².